The van der Waals surface area contributed by atoms with Crippen molar-refractivity contribution in [2.45, 2.75) is 45.7 Å². The molecule has 0 aliphatic carbocycles. The smallest absolute Gasteiger partial charge is 0.246 e. The Bertz CT molecular complexity index is 472. The van der Waals surface area contributed by atoms with Crippen LogP contribution in [0.3, 0.4) is 0 Å². The zero-order chi connectivity index (χ0) is 13.8. The molecule has 1 N–H and O–H groups in total. The van der Waals surface area contributed by atoms with Crippen LogP contribution in [0.15, 0.2) is 6.20 Å². The lowest BCUT2D eigenvalue weighted by molar-refractivity contribution is -0.138. The number of hydrogen-bond acceptors (Lipinski definition) is 5. The van der Waals surface area contributed by atoms with Crippen molar-refractivity contribution in [3.05, 3.63) is 16.1 Å². The van der Waals surface area contributed by atoms with E-state index in [2.05, 4.69) is 17.2 Å². The van der Waals surface area contributed by atoms with Crippen LogP contribution < -0.4 is 5.32 Å². The maximum atomic E-state index is 12.0. The summed E-state index contributed by atoms with van der Waals surface area (Å²) in [5, 5.41) is 4.10. The van der Waals surface area contributed by atoms with Crippen LogP contribution in [0.5, 0.6) is 0 Å². The van der Waals surface area contributed by atoms with Gasteiger partial charge in [-0.1, -0.05) is 13.8 Å². The maximum Gasteiger partial charge on any atom is 0.246 e. The summed E-state index contributed by atoms with van der Waals surface area (Å²) in [4.78, 5) is 30.6. The van der Waals surface area contributed by atoms with Gasteiger partial charge in [-0.15, -0.1) is 11.3 Å². The van der Waals surface area contributed by atoms with Gasteiger partial charge in [-0.25, -0.2) is 4.98 Å². The number of hydrogen-bond donors (Lipinski definition) is 1. The lowest BCUT2D eigenvalue weighted by Gasteiger charge is -2.13. The average Bonchev–Trinajstić information content (AvgIpc) is 2.96. The van der Waals surface area contributed by atoms with Gasteiger partial charge in [0.1, 0.15) is 5.01 Å². The minimum absolute atomic E-state index is 0.0715. The summed E-state index contributed by atoms with van der Waals surface area (Å²) < 4.78 is 0. The van der Waals surface area contributed by atoms with Gasteiger partial charge in [0, 0.05) is 24.2 Å². The van der Waals surface area contributed by atoms with E-state index in [4.69, 9.17) is 0 Å². The van der Waals surface area contributed by atoms with Crippen LogP contribution in [-0.4, -0.2) is 34.3 Å². The van der Waals surface area contributed by atoms with E-state index >= 15 is 0 Å². The Kier molecular flexibility index (Phi) is 4.66. The largest absolute Gasteiger partial charge is 0.299 e. The van der Waals surface area contributed by atoms with Gasteiger partial charge in [0.15, 0.2) is 0 Å². The monoisotopic (exact) mass is 281 g/mol. The molecule has 2 heterocycles. The summed E-state index contributed by atoms with van der Waals surface area (Å²) in [6.07, 6.45) is 3.91. The molecule has 0 saturated carbocycles. The normalized spacial score (nSPS) is 19.5. The number of amides is 2. The van der Waals surface area contributed by atoms with E-state index in [1.807, 2.05) is 13.1 Å². The third kappa shape index (κ3) is 3.19. The second-order valence-corrected chi connectivity index (χ2v) is 5.79. The van der Waals surface area contributed by atoms with Gasteiger partial charge in [0.2, 0.25) is 11.8 Å². The van der Waals surface area contributed by atoms with Crippen LogP contribution in [0, 0.1) is 0 Å². The first-order chi connectivity index (χ1) is 9.15. The molecule has 1 saturated heterocycles. The Morgan fingerprint density at radius 1 is 1.47 bits per heavy atom. The summed E-state index contributed by atoms with van der Waals surface area (Å²) in [6.45, 7) is 5.12. The second-order valence-electron chi connectivity index (χ2n) is 4.60. The molecule has 0 radical (unpaired) electrons. The molecule has 1 unspecified atom stereocenters. The van der Waals surface area contributed by atoms with E-state index in [0.29, 0.717) is 13.1 Å². The third-order valence-electron chi connectivity index (χ3n) is 3.14. The Labute approximate surface area is 117 Å². The molecular weight excluding hydrogens is 262 g/mol. The predicted molar refractivity (Wildman–Crippen MR) is 73.7 cm³/mol. The highest BCUT2D eigenvalue weighted by Gasteiger charge is 2.37. The molecule has 0 spiro atoms. The van der Waals surface area contributed by atoms with E-state index in [9.17, 15) is 9.59 Å². The van der Waals surface area contributed by atoms with Crippen LogP contribution in [0.4, 0.5) is 0 Å². The summed E-state index contributed by atoms with van der Waals surface area (Å²) in [5.74, 6) is -0.170. The fourth-order valence-electron chi connectivity index (χ4n) is 2.10. The first-order valence-corrected chi connectivity index (χ1v) is 7.48. The lowest BCUT2D eigenvalue weighted by Crippen LogP contribution is -2.38. The summed E-state index contributed by atoms with van der Waals surface area (Å²) >= 11 is 1.65. The Hall–Kier alpha value is -1.27. The number of carbonyl (C=O) groups excluding carboxylic acids is 2. The molecule has 104 valence electrons. The number of nitrogens with zero attached hydrogens (tertiary/aromatic N) is 2. The highest BCUT2D eigenvalue weighted by Crippen LogP contribution is 2.16. The number of likely N-dealkylation sites (tertiary alicyclic amines) is 1. The Morgan fingerprint density at radius 3 is 2.89 bits per heavy atom. The zero-order valence-corrected chi connectivity index (χ0v) is 12.1. The minimum Gasteiger partial charge on any atom is -0.299 e. The maximum absolute atomic E-state index is 12.0. The number of imide groups is 1. The minimum atomic E-state index is -0.381. The van der Waals surface area contributed by atoms with Crippen molar-refractivity contribution in [2.75, 3.05) is 6.54 Å². The number of carbonyl (C=O) groups is 2. The molecule has 1 fully saturated rings. The van der Waals surface area contributed by atoms with Crippen LogP contribution in [0.1, 0.15) is 36.6 Å². The first kappa shape index (κ1) is 14.1. The van der Waals surface area contributed by atoms with Gasteiger partial charge in [0.25, 0.3) is 0 Å². The molecule has 1 atom stereocenters. The van der Waals surface area contributed by atoms with Crippen molar-refractivity contribution in [1.82, 2.24) is 15.2 Å². The highest BCUT2D eigenvalue weighted by atomic mass is 32.1. The van der Waals surface area contributed by atoms with Crippen LogP contribution in [0.2, 0.25) is 0 Å². The summed E-state index contributed by atoms with van der Waals surface area (Å²) in [5.41, 5.74) is 0. The summed E-state index contributed by atoms with van der Waals surface area (Å²) in [7, 11) is 0. The molecular formula is C13H19N3O2S. The highest BCUT2D eigenvalue weighted by molar-refractivity contribution is 7.11. The van der Waals surface area contributed by atoms with Gasteiger partial charge in [-0.05, 0) is 12.8 Å². The zero-order valence-electron chi connectivity index (χ0n) is 11.3. The van der Waals surface area contributed by atoms with Crippen molar-refractivity contribution in [3.63, 3.8) is 0 Å². The topological polar surface area (TPSA) is 62.3 Å². The lowest BCUT2D eigenvalue weighted by atomic mass is 10.2. The fraction of sp³-hybridized carbons (Fsp3) is 0.615. The third-order valence-corrected chi connectivity index (χ3v) is 4.28. The van der Waals surface area contributed by atoms with Crippen molar-refractivity contribution in [1.29, 1.82) is 0 Å². The predicted octanol–water partition coefficient (Wildman–Crippen LogP) is 1.33. The van der Waals surface area contributed by atoms with E-state index in [0.717, 1.165) is 17.8 Å². The molecule has 0 aromatic carbocycles. The molecule has 2 rings (SSSR count). The Morgan fingerprint density at radius 2 is 2.26 bits per heavy atom. The van der Waals surface area contributed by atoms with Crippen LogP contribution in [0.25, 0.3) is 0 Å². The molecule has 0 bridgehead atoms. The SMILES string of the molecule is CCCN1C(=O)CC(NCc2ncc(CC)s2)C1=O. The molecule has 2 amide bonds. The Balaban J connectivity index is 1.90. The molecule has 5 nitrogen and oxygen atoms in total. The van der Waals surface area contributed by atoms with Crippen molar-refractivity contribution < 1.29 is 9.59 Å². The number of rotatable bonds is 6. The van der Waals surface area contributed by atoms with E-state index in [1.54, 1.807) is 11.3 Å². The fourth-order valence-corrected chi connectivity index (χ4v) is 2.92. The van der Waals surface area contributed by atoms with Gasteiger partial charge in [-0.2, -0.15) is 0 Å². The quantitative estimate of drug-likeness (QED) is 0.799. The van der Waals surface area contributed by atoms with Crippen molar-refractivity contribution in [3.8, 4) is 0 Å². The standard InChI is InChI=1S/C13H19N3O2S/c1-3-5-16-12(17)6-10(13(16)18)14-8-11-15-7-9(4-2)19-11/h7,10,14H,3-6,8H2,1-2H3. The second kappa shape index (κ2) is 6.25. The number of nitrogens with one attached hydrogen (secondary N) is 1. The molecule has 1 aliphatic rings. The van der Waals surface area contributed by atoms with E-state index < -0.39 is 0 Å². The van der Waals surface area contributed by atoms with Crippen molar-refractivity contribution >= 4 is 23.2 Å². The van der Waals surface area contributed by atoms with Gasteiger partial charge < -0.3 is 0 Å². The number of thiazole rings is 1. The van der Waals surface area contributed by atoms with E-state index in [-0.39, 0.29) is 24.3 Å². The molecule has 1 aromatic heterocycles. The van der Waals surface area contributed by atoms with Gasteiger partial charge in [-0.3, -0.25) is 19.8 Å². The molecule has 1 aliphatic heterocycles. The molecule has 6 heteroatoms. The molecule has 19 heavy (non-hydrogen) atoms. The average molecular weight is 281 g/mol. The van der Waals surface area contributed by atoms with Crippen LogP contribution in [-0.2, 0) is 22.6 Å². The van der Waals surface area contributed by atoms with E-state index in [1.165, 1.54) is 9.78 Å². The van der Waals surface area contributed by atoms with Gasteiger partial charge in [0.05, 0.1) is 12.5 Å². The number of aryl methyl sites for hydroxylation is 1. The van der Waals surface area contributed by atoms with Crippen molar-refractivity contribution in [2.24, 2.45) is 0 Å². The molecule has 1 aromatic rings. The summed E-state index contributed by atoms with van der Waals surface area (Å²) in [6, 6.07) is -0.381. The first-order valence-electron chi connectivity index (χ1n) is 6.66. The van der Waals surface area contributed by atoms with Gasteiger partial charge >= 0.3 is 0 Å². The number of aromatic nitrogens is 1. The van der Waals surface area contributed by atoms with Crippen LogP contribution >= 0.6 is 11.3 Å².